The predicted molar refractivity (Wildman–Crippen MR) is 121 cm³/mol. The molecule has 2 aromatic carbocycles. The number of hydrogen-bond donors (Lipinski definition) is 0. The van der Waals surface area contributed by atoms with Gasteiger partial charge in [-0.25, -0.2) is 0 Å². The number of benzene rings is 2. The van der Waals surface area contributed by atoms with Crippen molar-refractivity contribution >= 4 is 23.4 Å². The molecule has 0 saturated carbocycles. The van der Waals surface area contributed by atoms with Crippen molar-refractivity contribution in [3.05, 3.63) is 59.4 Å². The minimum atomic E-state index is 0.471. The lowest BCUT2D eigenvalue weighted by atomic mass is 10.2. The minimum Gasteiger partial charge on any atom is -0.497 e. The summed E-state index contributed by atoms with van der Waals surface area (Å²) in [5.74, 6) is 3.16. The SMILES string of the molecule is CCCCn1c(SCc2nnc(-c3ccc(Cl)cc3)o2)nnc1-c1ccc(OC)cc1. The largest absolute Gasteiger partial charge is 0.497 e. The fourth-order valence-electron chi connectivity index (χ4n) is 3.01. The molecule has 0 saturated heterocycles. The van der Waals surface area contributed by atoms with Gasteiger partial charge in [-0.05, 0) is 55.0 Å². The molecule has 0 aliphatic heterocycles. The van der Waals surface area contributed by atoms with E-state index in [0.717, 1.165) is 47.2 Å². The molecule has 2 heterocycles. The number of rotatable bonds is 9. The van der Waals surface area contributed by atoms with Gasteiger partial charge in [0.2, 0.25) is 11.8 Å². The Morgan fingerprint density at radius 1 is 0.968 bits per heavy atom. The van der Waals surface area contributed by atoms with Crippen LogP contribution in [0, 0.1) is 0 Å². The van der Waals surface area contributed by atoms with Crippen molar-refractivity contribution in [2.24, 2.45) is 0 Å². The third-order valence-electron chi connectivity index (χ3n) is 4.68. The highest BCUT2D eigenvalue weighted by atomic mass is 35.5. The quantitative estimate of drug-likeness (QED) is 0.297. The minimum absolute atomic E-state index is 0.471. The van der Waals surface area contributed by atoms with Gasteiger partial charge in [-0.15, -0.1) is 20.4 Å². The monoisotopic (exact) mass is 455 g/mol. The van der Waals surface area contributed by atoms with Crippen molar-refractivity contribution in [1.29, 1.82) is 0 Å². The number of thioether (sulfide) groups is 1. The molecule has 31 heavy (non-hydrogen) atoms. The summed E-state index contributed by atoms with van der Waals surface area (Å²) in [5.41, 5.74) is 1.83. The van der Waals surface area contributed by atoms with E-state index in [1.165, 1.54) is 11.8 Å². The molecule has 0 spiro atoms. The third kappa shape index (κ3) is 5.08. The Morgan fingerprint density at radius 2 is 1.71 bits per heavy atom. The van der Waals surface area contributed by atoms with Gasteiger partial charge in [-0.3, -0.25) is 0 Å². The number of unbranched alkanes of at least 4 members (excludes halogenated alkanes) is 1. The van der Waals surface area contributed by atoms with Gasteiger partial charge in [-0.2, -0.15) is 0 Å². The molecule has 2 aromatic heterocycles. The second kappa shape index (κ2) is 9.98. The Bertz CT molecular complexity index is 1130. The van der Waals surface area contributed by atoms with Crippen LogP contribution in [0.3, 0.4) is 0 Å². The van der Waals surface area contributed by atoms with E-state index < -0.39 is 0 Å². The molecule has 0 fully saturated rings. The van der Waals surface area contributed by atoms with Crippen LogP contribution in [-0.2, 0) is 12.3 Å². The first-order chi connectivity index (χ1) is 15.2. The van der Waals surface area contributed by atoms with E-state index in [1.54, 1.807) is 19.2 Å². The zero-order valence-corrected chi connectivity index (χ0v) is 18.9. The van der Waals surface area contributed by atoms with Gasteiger partial charge < -0.3 is 13.7 Å². The van der Waals surface area contributed by atoms with E-state index in [2.05, 4.69) is 31.9 Å². The van der Waals surface area contributed by atoms with Gasteiger partial charge in [0.1, 0.15) is 5.75 Å². The Morgan fingerprint density at radius 3 is 2.42 bits per heavy atom. The number of hydrogen-bond acceptors (Lipinski definition) is 7. The van der Waals surface area contributed by atoms with Crippen molar-refractivity contribution in [2.45, 2.75) is 37.2 Å². The molecule has 9 heteroatoms. The predicted octanol–water partition coefficient (Wildman–Crippen LogP) is 5.75. The zero-order chi connectivity index (χ0) is 21.6. The summed E-state index contributed by atoms with van der Waals surface area (Å²) in [4.78, 5) is 0. The topological polar surface area (TPSA) is 78.9 Å². The van der Waals surface area contributed by atoms with Crippen LogP contribution in [0.1, 0.15) is 25.7 Å². The van der Waals surface area contributed by atoms with Crippen LogP contribution < -0.4 is 4.74 Å². The van der Waals surface area contributed by atoms with Crippen LogP contribution in [0.15, 0.2) is 58.1 Å². The highest BCUT2D eigenvalue weighted by molar-refractivity contribution is 7.98. The molecular weight excluding hydrogens is 434 g/mol. The van der Waals surface area contributed by atoms with Crippen LogP contribution >= 0.6 is 23.4 Å². The average molecular weight is 456 g/mol. The van der Waals surface area contributed by atoms with Crippen LogP contribution in [0.5, 0.6) is 5.75 Å². The van der Waals surface area contributed by atoms with Gasteiger partial charge in [-0.1, -0.05) is 36.7 Å². The molecule has 4 rings (SSSR count). The molecule has 0 aliphatic carbocycles. The second-order valence-electron chi connectivity index (χ2n) is 6.84. The molecule has 0 unspecified atom stereocenters. The standard InChI is InChI=1S/C22H22ClN5O2S/c1-3-4-13-28-20(15-7-11-18(29-2)12-8-15)25-27-22(28)31-14-19-24-26-21(30-19)16-5-9-17(23)10-6-16/h5-12H,3-4,13-14H2,1-2H3. The lowest BCUT2D eigenvalue weighted by Gasteiger charge is -2.09. The zero-order valence-electron chi connectivity index (χ0n) is 17.3. The van der Waals surface area contributed by atoms with Crippen molar-refractivity contribution < 1.29 is 9.15 Å². The van der Waals surface area contributed by atoms with Crippen molar-refractivity contribution in [3.63, 3.8) is 0 Å². The fraction of sp³-hybridized carbons (Fsp3) is 0.273. The average Bonchev–Trinajstić information content (AvgIpc) is 3.44. The second-order valence-corrected chi connectivity index (χ2v) is 8.22. The number of aromatic nitrogens is 5. The third-order valence-corrected chi connectivity index (χ3v) is 5.89. The maximum atomic E-state index is 5.94. The molecule has 0 aliphatic rings. The first-order valence-electron chi connectivity index (χ1n) is 9.96. The highest BCUT2D eigenvalue weighted by Crippen LogP contribution is 2.29. The first kappa shape index (κ1) is 21.4. The number of nitrogens with zero attached hydrogens (tertiary/aromatic N) is 5. The summed E-state index contributed by atoms with van der Waals surface area (Å²) >= 11 is 7.47. The van der Waals surface area contributed by atoms with Crippen molar-refractivity contribution in [3.8, 4) is 28.6 Å². The number of ether oxygens (including phenoxy) is 1. The molecule has 4 aromatic rings. The molecule has 7 nitrogen and oxygen atoms in total. The van der Waals surface area contributed by atoms with Gasteiger partial charge in [0.05, 0.1) is 12.9 Å². The first-order valence-corrected chi connectivity index (χ1v) is 11.3. The van der Waals surface area contributed by atoms with Gasteiger partial charge in [0, 0.05) is 22.7 Å². The Labute approximate surface area is 189 Å². The Hall–Kier alpha value is -2.84. The molecule has 0 atom stereocenters. The van der Waals surface area contributed by atoms with E-state index in [-0.39, 0.29) is 0 Å². The Balaban J connectivity index is 1.51. The molecule has 0 radical (unpaired) electrons. The summed E-state index contributed by atoms with van der Waals surface area (Å²) in [6, 6.07) is 15.2. The van der Waals surface area contributed by atoms with Crippen LogP contribution in [0.4, 0.5) is 0 Å². The number of methoxy groups -OCH3 is 1. The Kier molecular flexibility index (Phi) is 6.89. The van der Waals surface area contributed by atoms with Crippen molar-refractivity contribution in [2.75, 3.05) is 7.11 Å². The van der Waals surface area contributed by atoms with E-state index in [1.807, 2.05) is 36.4 Å². The normalized spacial score (nSPS) is 11.1. The van der Waals surface area contributed by atoms with Gasteiger partial charge >= 0.3 is 0 Å². The van der Waals surface area contributed by atoms with Crippen LogP contribution in [0.2, 0.25) is 5.02 Å². The van der Waals surface area contributed by atoms with E-state index in [0.29, 0.717) is 22.6 Å². The molecule has 0 N–H and O–H groups in total. The van der Waals surface area contributed by atoms with E-state index in [9.17, 15) is 0 Å². The highest BCUT2D eigenvalue weighted by Gasteiger charge is 2.16. The van der Waals surface area contributed by atoms with Crippen LogP contribution in [-0.4, -0.2) is 32.1 Å². The van der Waals surface area contributed by atoms with Gasteiger partial charge in [0.15, 0.2) is 11.0 Å². The maximum Gasteiger partial charge on any atom is 0.247 e. The lowest BCUT2D eigenvalue weighted by Crippen LogP contribution is -2.02. The smallest absolute Gasteiger partial charge is 0.247 e. The molecule has 0 amide bonds. The summed E-state index contributed by atoms with van der Waals surface area (Å²) < 4.78 is 13.2. The molecule has 0 bridgehead atoms. The maximum absolute atomic E-state index is 5.94. The lowest BCUT2D eigenvalue weighted by molar-refractivity contribution is 0.415. The summed E-state index contributed by atoms with van der Waals surface area (Å²) in [6.07, 6.45) is 2.12. The van der Waals surface area contributed by atoms with Crippen molar-refractivity contribution in [1.82, 2.24) is 25.0 Å². The van der Waals surface area contributed by atoms with Crippen LogP contribution in [0.25, 0.3) is 22.8 Å². The number of halogens is 1. The fourth-order valence-corrected chi connectivity index (χ4v) is 3.94. The van der Waals surface area contributed by atoms with E-state index in [4.69, 9.17) is 20.8 Å². The summed E-state index contributed by atoms with van der Waals surface area (Å²) in [6.45, 7) is 3.01. The van der Waals surface area contributed by atoms with E-state index >= 15 is 0 Å². The molecular formula is C22H22ClN5O2S. The summed E-state index contributed by atoms with van der Waals surface area (Å²) in [5, 5.41) is 18.7. The van der Waals surface area contributed by atoms with Gasteiger partial charge in [0.25, 0.3) is 0 Å². The summed E-state index contributed by atoms with van der Waals surface area (Å²) in [7, 11) is 1.66. The molecule has 160 valence electrons.